The Kier molecular flexibility index (Phi) is 6.82. The highest BCUT2D eigenvalue weighted by atomic mass is 79.9. The Hall–Kier alpha value is -2.53. The summed E-state index contributed by atoms with van der Waals surface area (Å²) in [7, 11) is 0. The number of aliphatic imine (C=N–C) groups is 1. The van der Waals surface area contributed by atoms with E-state index in [0.717, 1.165) is 36.0 Å². The SMILES string of the molecule is CCOc1ccc2nc(Sc3ccc(/C=C4\SC(=Nc5ccc(Br)cc5C)NC4=O)o3)sc2c1. The fraction of sp³-hybridized carbons (Fsp3) is 0.125. The third-order valence-corrected chi connectivity index (χ3v) is 8.15. The average molecular weight is 573 g/mol. The molecule has 172 valence electrons. The van der Waals surface area contributed by atoms with Crippen molar-refractivity contribution < 1.29 is 13.9 Å². The van der Waals surface area contributed by atoms with Crippen LogP contribution in [-0.4, -0.2) is 22.7 Å². The van der Waals surface area contributed by atoms with Gasteiger partial charge in [-0.05, 0) is 91.5 Å². The number of carbonyl (C=O) groups excluding carboxylic acids is 1. The number of hydrogen-bond acceptors (Lipinski definition) is 8. The Balaban J connectivity index is 1.30. The molecule has 0 aliphatic carbocycles. The van der Waals surface area contributed by atoms with Crippen LogP contribution in [0, 0.1) is 6.92 Å². The Morgan fingerprint density at radius 2 is 2.12 bits per heavy atom. The van der Waals surface area contributed by atoms with Crippen molar-refractivity contribution in [3.63, 3.8) is 0 Å². The summed E-state index contributed by atoms with van der Waals surface area (Å²) in [5, 5.41) is 4.07. The van der Waals surface area contributed by atoms with Gasteiger partial charge in [0.25, 0.3) is 5.91 Å². The molecule has 34 heavy (non-hydrogen) atoms. The molecule has 0 spiro atoms. The molecule has 1 saturated heterocycles. The molecule has 0 bridgehead atoms. The molecule has 2 aromatic carbocycles. The second-order valence-electron chi connectivity index (χ2n) is 7.21. The lowest BCUT2D eigenvalue weighted by Gasteiger charge is -2.01. The van der Waals surface area contributed by atoms with Crippen LogP contribution >= 0.6 is 50.8 Å². The number of amides is 1. The standard InChI is InChI=1S/C24H18BrN3O3S3/c1-3-30-15-5-8-18-19(11-15)33-24(27-18)34-21-9-6-16(31-21)12-20-22(29)28-23(32-20)26-17-7-4-14(25)10-13(17)2/h4-12H,3H2,1-2H3,(H,26,28,29)/b20-12-. The van der Waals surface area contributed by atoms with E-state index in [1.165, 1.54) is 23.5 Å². The summed E-state index contributed by atoms with van der Waals surface area (Å²) >= 11 is 7.79. The summed E-state index contributed by atoms with van der Waals surface area (Å²) in [6, 6.07) is 15.4. The van der Waals surface area contributed by atoms with E-state index in [1.54, 1.807) is 17.4 Å². The fourth-order valence-electron chi connectivity index (χ4n) is 3.20. The lowest BCUT2D eigenvalue weighted by Crippen LogP contribution is -2.19. The number of furan rings is 1. The lowest BCUT2D eigenvalue weighted by atomic mass is 10.2. The van der Waals surface area contributed by atoms with Gasteiger partial charge in [-0.15, -0.1) is 11.3 Å². The zero-order valence-electron chi connectivity index (χ0n) is 18.1. The number of nitrogens with zero attached hydrogens (tertiary/aromatic N) is 2. The predicted molar refractivity (Wildman–Crippen MR) is 143 cm³/mol. The number of rotatable bonds is 6. The first-order valence-corrected chi connectivity index (χ1v) is 13.6. The van der Waals surface area contributed by atoms with Crippen molar-refractivity contribution in [1.29, 1.82) is 0 Å². The maximum atomic E-state index is 12.4. The number of hydrogen-bond donors (Lipinski definition) is 1. The van der Waals surface area contributed by atoms with E-state index < -0.39 is 0 Å². The Morgan fingerprint density at radius 3 is 2.94 bits per heavy atom. The molecule has 0 saturated carbocycles. The number of ether oxygens (including phenoxy) is 1. The first-order valence-electron chi connectivity index (χ1n) is 10.3. The Labute approximate surface area is 217 Å². The van der Waals surface area contributed by atoms with E-state index in [-0.39, 0.29) is 5.91 Å². The van der Waals surface area contributed by atoms with Crippen LogP contribution in [0.3, 0.4) is 0 Å². The normalized spacial score (nSPS) is 16.0. The minimum Gasteiger partial charge on any atom is -0.494 e. The van der Waals surface area contributed by atoms with E-state index in [2.05, 4.69) is 31.2 Å². The number of thioether (sulfide) groups is 1. The molecule has 1 aliphatic rings. The van der Waals surface area contributed by atoms with E-state index in [1.807, 2.05) is 62.4 Å². The summed E-state index contributed by atoms with van der Waals surface area (Å²) in [5.74, 6) is 1.24. The number of fused-ring (bicyclic) bond motifs is 1. The van der Waals surface area contributed by atoms with Crippen molar-refractivity contribution >= 4 is 83.8 Å². The molecular formula is C24H18BrN3O3S3. The van der Waals surface area contributed by atoms with Crippen molar-refractivity contribution in [3.8, 4) is 5.75 Å². The van der Waals surface area contributed by atoms with Gasteiger partial charge in [0.15, 0.2) is 14.6 Å². The summed E-state index contributed by atoms with van der Waals surface area (Å²) in [6.07, 6.45) is 1.73. The average Bonchev–Trinajstić information content (AvgIpc) is 3.49. The highest BCUT2D eigenvalue weighted by molar-refractivity contribution is 9.10. The van der Waals surface area contributed by atoms with Crippen LogP contribution in [0.5, 0.6) is 5.75 Å². The van der Waals surface area contributed by atoms with Gasteiger partial charge in [0.05, 0.1) is 27.4 Å². The molecule has 1 fully saturated rings. The van der Waals surface area contributed by atoms with Gasteiger partial charge in [-0.25, -0.2) is 9.98 Å². The zero-order chi connectivity index (χ0) is 23.7. The van der Waals surface area contributed by atoms with Gasteiger partial charge >= 0.3 is 0 Å². The molecule has 2 aromatic heterocycles. The molecule has 4 aromatic rings. The topological polar surface area (TPSA) is 76.7 Å². The predicted octanol–water partition coefficient (Wildman–Crippen LogP) is 7.40. The molecule has 6 nitrogen and oxygen atoms in total. The second-order valence-corrected chi connectivity index (χ2v) is 11.4. The number of carbonyl (C=O) groups is 1. The monoisotopic (exact) mass is 571 g/mol. The van der Waals surface area contributed by atoms with Gasteiger partial charge in [-0.2, -0.15) is 0 Å². The minimum absolute atomic E-state index is 0.194. The van der Waals surface area contributed by atoms with E-state index in [9.17, 15) is 4.79 Å². The molecule has 1 amide bonds. The molecule has 0 radical (unpaired) electrons. The quantitative estimate of drug-likeness (QED) is 0.243. The number of aryl methyl sites for hydroxylation is 1. The maximum Gasteiger partial charge on any atom is 0.264 e. The van der Waals surface area contributed by atoms with Crippen LogP contribution in [0.15, 0.2) is 76.8 Å². The number of nitrogens with one attached hydrogen (secondary N) is 1. The van der Waals surface area contributed by atoms with Gasteiger partial charge in [0.1, 0.15) is 11.5 Å². The summed E-state index contributed by atoms with van der Waals surface area (Å²) < 4.78 is 14.4. The van der Waals surface area contributed by atoms with Crippen molar-refractivity contribution in [3.05, 3.63) is 69.2 Å². The van der Waals surface area contributed by atoms with Crippen molar-refractivity contribution in [2.24, 2.45) is 4.99 Å². The molecule has 1 aliphatic heterocycles. The van der Waals surface area contributed by atoms with Crippen LogP contribution < -0.4 is 10.1 Å². The van der Waals surface area contributed by atoms with E-state index in [0.29, 0.717) is 27.5 Å². The zero-order valence-corrected chi connectivity index (χ0v) is 22.2. The molecule has 10 heteroatoms. The van der Waals surface area contributed by atoms with Crippen molar-refractivity contribution in [2.75, 3.05) is 6.61 Å². The fourth-order valence-corrected chi connectivity index (χ4v) is 6.49. The number of benzene rings is 2. The van der Waals surface area contributed by atoms with Gasteiger partial charge < -0.3 is 14.5 Å². The van der Waals surface area contributed by atoms with E-state index >= 15 is 0 Å². The highest BCUT2D eigenvalue weighted by Crippen LogP contribution is 2.37. The van der Waals surface area contributed by atoms with Crippen LogP contribution in [0.2, 0.25) is 0 Å². The molecule has 5 rings (SSSR count). The smallest absolute Gasteiger partial charge is 0.264 e. The maximum absolute atomic E-state index is 12.4. The number of thiazole rings is 1. The first kappa shape index (κ1) is 23.2. The summed E-state index contributed by atoms with van der Waals surface area (Å²) in [6.45, 7) is 4.57. The summed E-state index contributed by atoms with van der Waals surface area (Å²) in [5.41, 5.74) is 2.76. The molecule has 1 N–H and O–H groups in total. The van der Waals surface area contributed by atoms with Crippen LogP contribution in [0.4, 0.5) is 5.69 Å². The molecule has 0 atom stereocenters. The van der Waals surface area contributed by atoms with Crippen LogP contribution in [0.25, 0.3) is 16.3 Å². The van der Waals surface area contributed by atoms with Crippen molar-refractivity contribution in [2.45, 2.75) is 23.3 Å². The first-order chi connectivity index (χ1) is 16.5. The number of aromatic nitrogens is 1. The number of amidine groups is 1. The molecular weight excluding hydrogens is 554 g/mol. The minimum atomic E-state index is -0.194. The highest BCUT2D eigenvalue weighted by Gasteiger charge is 2.24. The van der Waals surface area contributed by atoms with Crippen molar-refractivity contribution in [1.82, 2.24) is 10.3 Å². The van der Waals surface area contributed by atoms with E-state index in [4.69, 9.17) is 9.15 Å². The molecule has 3 heterocycles. The largest absolute Gasteiger partial charge is 0.494 e. The number of halogens is 1. The third kappa shape index (κ3) is 5.25. The van der Waals surface area contributed by atoms with Gasteiger partial charge in [0, 0.05) is 10.5 Å². The van der Waals surface area contributed by atoms with Gasteiger partial charge in [-0.1, -0.05) is 15.9 Å². The summed E-state index contributed by atoms with van der Waals surface area (Å²) in [4.78, 5) is 22.2. The molecule has 0 unspecified atom stereocenters. The van der Waals surface area contributed by atoms with Crippen LogP contribution in [-0.2, 0) is 4.79 Å². The second kappa shape index (κ2) is 9.99. The Morgan fingerprint density at radius 1 is 1.24 bits per heavy atom. The van der Waals surface area contributed by atoms with Gasteiger partial charge in [0.2, 0.25) is 0 Å². The lowest BCUT2D eigenvalue weighted by molar-refractivity contribution is -0.115. The van der Waals surface area contributed by atoms with Gasteiger partial charge in [-0.3, -0.25) is 4.79 Å². The van der Waals surface area contributed by atoms with Crippen LogP contribution in [0.1, 0.15) is 18.2 Å². The third-order valence-electron chi connectivity index (χ3n) is 4.75. The Bertz CT molecular complexity index is 1460.